The van der Waals surface area contributed by atoms with Crippen molar-refractivity contribution in [1.82, 2.24) is 14.2 Å². The Balaban J connectivity index is 2.39. The van der Waals surface area contributed by atoms with Crippen LogP contribution < -0.4 is 10.6 Å². The Morgan fingerprint density at radius 1 is 1.43 bits per heavy atom. The van der Waals surface area contributed by atoms with Gasteiger partial charge >= 0.3 is 0 Å². The Kier molecular flexibility index (Phi) is 3.66. The van der Waals surface area contributed by atoms with Crippen molar-refractivity contribution < 1.29 is 13.5 Å². The van der Waals surface area contributed by atoms with Crippen LogP contribution in [0.2, 0.25) is 0 Å². The average molecular weight is 338 g/mol. The van der Waals surface area contributed by atoms with Gasteiger partial charge in [0, 0.05) is 32.4 Å². The van der Waals surface area contributed by atoms with Crippen molar-refractivity contribution in [3.05, 3.63) is 27.1 Å². The van der Waals surface area contributed by atoms with Gasteiger partial charge in [-0.25, -0.2) is 12.7 Å². The minimum Gasteiger partial charge on any atom is -0.493 e. The van der Waals surface area contributed by atoms with Crippen molar-refractivity contribution in [2.75, 3.05) is 34.2 Å². The van der Waals surface area contributed by atoms with E-state index in [1.807, 2.05) is 18.0 Å². The summed E-state index contributed by atoms with van der Waals surface area (Å²) < 4.78 is 26.5. The van der Waals surface area contributed by atoms with E-state index in [4.69, 9.17) is 0 Å². The number of likely N-dealkylation sites (N-methyl/N-ethyl adjacent to an activating group) is 1. The zero-order valence-electron chi connectivity index (χ0n) is 13.1. The number of nitroso groups, excluding NO2 is 1. The molecule has 1 unspecified atom stereocenters. The smallest absolute Gasteiger partial charge is 0.224 e. The van der Waals surface area contributed by atoms with E-state index in [2.05, 4.69) is 10.2 Å². The lowest BCUT2D eigenvalue weighted by Crippen LogP contribution is -2.45. The molecule has 1 aromatic heterocycles. The van der Waals surface area contributed by atoms with Crippen molar-refractivity contribution in [3.8, 4) is 5.88 Å². The van der Waals surface area contributed by atoms with Gasteiger partial charge in [0.2, 0.25) is 15.9 Å². The van der Waals surface area contributed by atoms with Crippen LogP contribution in [0.5, 0.6) is 5.88 Å². The number of hydrogen-bond donors (Lipinski definition) is 2. The molecule has 0 amide bonds. The van der Waals surface area contributed by atoms with Crippen LogP contribution in [0.1, 0.15) is 0 Å². The summed E-state index contributed by atoms with van der Waals surface area (Å²) in [4.78, 5) is 15.8. The summed E-state index contributed by atoms with van der Waals surface area (Å²) in [6, 6.07) is 0. The second-order valence-electron chi connectivity index (χ2n) is 5.95. The van der Waals surface area contributed by atoms with E-state index in [-0.39, 0.29) is 11.6 Å². The van der Waals surface area contributed by atoms with Crippen LogP contribution in [0.4, 0.5) is 5.69 Å². The Morgan fingerprint density at radius 2 is 2.13 bits per heavy atom. The highest BCUT2D eigenvalue weighted by molar-refractivity contribution is 7.90. The normalized spacial score (nSPS) is 21.5. The molecule has 0 radical (unpaired) electrons. The number of nitrogens with zero attached hydrogens (tertiary/aromatic N) is 3. The number of H-pyrrole nitrogens is 1. The zero-order chi connectivity index (χ0) is 16.9. The molecule has 0 saturated heterocycles. The molecule has 23 heavy (non-hydrogen) atoms. The summed E-state index contributed by atoms with van der Waals surface area (Å²) in [5.41, 5.74) is 1.29. The SMILES string of the molecule is CN1CC=C2C(=c3[nH]c(O)c(N=O)c3=CC2S(=O)(=O)N(C)C)C1. The van der Waals surface area contributed by atoms with Crippen LogP contribution in [0, 0.1) is 4.91 Å². The minimum atomic E-state index is -3.62. The molecular formula is C14H18N4O4S. The quantitative estimate of drug-likeness (QED) is 0.702. The van der Waals surface area contributed by atoms with Crippen LogP contribution in [0.15, 0.2) is 16.8 Å². The Morgan fingerprint density at radius 3 is 2.74 bits per heavy atom. The maximum atomic E-state index is 12.7. The molecular weight excluding hydrogens is 320 g/mol. The van der Waals surface area contributed by atoms with Gasteiger partial charge in [-0.05, 0) is 29.4 Å². The minimum absolute atomic E-state index is 0.154. The molecule has 124 valence electrons. The van der Waals surface area contributed by atoms with E-state index in [1.165, 1.54) is 20.2 Å². The van der Waals surface area contributed by atoms with Crippen LogP contribution in [0.25, 0.3) is 11.6 Å². The highest BCUT2D eigenvalue weighted by Crippen LogP contribution is 2.30. The second kappa shape index (κ2) is 5.29. The van der Waals surface area contributed by atoms with Crippen molar-refractivity contribution in [3.63, 3.8) is 0 Å². The van der Waals surface area contributed by atoms with Gasteiger partial charge < -0.3 is 10.1 Å². The van der Waals surface area contributed by atoms with E-state index < -0.39 is 15.3 Å². The number of nitrogens with one attached hydrogen (secondary N) is 1. The molecule has 9 heteroatoms. The van der Waals surface area contributed by atoms with Gasteiger partial charge in [0.05, 0.1) is 5.35 Å². The van der Waals surface area contributed by atoms with Gasteiger partial charge in [-0.3, -0.25) is 4.90 Å². The maximum Gasteiger partial charge on any atom is 0.224 e. The molecule has 1 aliphatic carbocycles. The maximum absolute atomic E-state index is 12.7. The molecule has 1 aromatic rings. The molecule has 0 bridgehead atoms. The van der Waals surface area contributed by atoms with E-state index in [9.17, 15) is 18.4 Å². The number of hydrogen-bond acceptors (Lipinski definition) is 6. The standard InChI is InChI=1S/C14H18N4O4S/c1-17(2)23(21,22)11-6-9-12(15-14(19)13(9)16-20)10-7-18(3)5-4-8(10)11/h4,6,11,15,19H,5,7H2,1-3H3. The molecule has 2 aliphatic rings. The topological polar surface area (TPSA) is 106 Å². The van der Waals surface area contributed by atoms with Gasteiger partial charge in [0.15, 0.2) is 5.69 Å². The predicted molar refractivity (Wildman–Crippen MR) is 87.0 cm³/mol. The number of aromatic hydroxyl groups is 1. The van der Waals surface area contributed by atoms with Crippen LogP contribution in [0.3, 0.4) is 0 Å². The second-order valence-corrected chi connectivity index (χ2v) is 8.22. The fourth-order valence-corrected chi connectivity index (χ4v) is 4.33. The predicted octanol–water partition coefficient (Wildman–Crippen LogP) is -0.805. The van der Waals surface area contributed by atoms with Crippen LogP contribution in [-0.4, -0.2) is 67.2 Å². The van der Waals surface area contributed by atoms with E-state index >= 15 is 0 Å². The molecule has 1 aliphatic heterocycles. The monoisotopic (exact) mass is 338 g/mol. The lowest BCUT2D eigenvalue weighted by Gasteiger charge is -2.31. The highest BCUT2D eigenvalue weighted by atomic mass is 32.2. The largest absolute Gasteiger partial charge is 0.493 e. The molecule has 1 atom stereocenters. The third-order valence-corrected chi connectivity index (χ3v) is 6.29. The lowest BCUT2D eigenvalue weighted by atomic mass is 9.93. The molecule has 0 fully saturated rings. The molecule has 2 N–H and O–H groups in total. The number of fused-ring (bicyclic) bond motifs is 2. The van der Waals surface area contributed by atoms with Crippen molar-refractivity contribution in [1.29, 1.82) is 0 Å². The zero-order valence-corrected chi connectivity index (χ0v) is 13.9. The van der Waals surface area contributed by atoms with Crippen molar-refractivity contribution in [2.45, 2.75) is 5.25 Å². The fraction of sp³-hybridized carbons (Fsp3) is 0.429. The van der Waals surface area contributed by atoms with Gasteiger partial charge in [-0.2, -0.15) is 0 Å². The number of rotatable bonds is 3. The van der Waals surface area contributed by atoms with E-state index in [0.29, 0.717) is 29.2 Å². The third kappa shape index (κ3) is 2.32. The molecule has 2 heterocycles. The molecule has 8 nitrogen and oxygen atoms in total. The summed E-state index contributed by atoms with van der Waals surface area (Å²) in [6.45, 7) is 1.15. The van der Waals surface area contributed by atoms with Crippen molar-refractivity contribution in [2.24, 2.45) is 5.18 Å². The fourth-order valence-electron chi connectivity index (χ4n) is 3.01. The first-order valence-corrected chi connectivity index (χ1v) is 8.57. The Hall–Kier alpha value is -1.97. The summed E-state index contributed by atoms with van der Waals surface area (Å²) in [6.07, 6.45) is 3.36. The van der Waals surface area contributed by atoms with E-state index in [1.54, 1.807) is 0 Å². The number of sulfonamides is 1. The molecule has 3 rings (SSSR count). The third-order valence-electron chi connectivity index (χ3n) is 4.24. The number of aromatic nitrogens is 1. The van der Waals surface area contributed by atoms with Gasteiger partial charge in [-0.1, -0.05) is 6.08 Å². The first kappa shape index (κ1) is 15.9. The molecule has 0 aromatic carbocycles. The Labute approximate surface area is 133 Å². The van der Waals surface area contributed by atoms with E-state index in [0.717, 1.165) is 9.88 Å². The van der Waals surface area contributed by atoms with Crippen LogP contribution >= 0.6 is 0 Å². The molecule has 0 spiro atoms. The molecule has 0 saturated carbocycles. The van der Waals surface area contributed by atoms with Gasteiger partial charge in [0.1, 0.15) is 5.25 Å². The summed E-state index contributed by atoms with van der Waals surface area (Å²) in [5, 5.41) is 12.7. The first-order valence-electron chi connectivity index (χ1n) is 7.07. The highest BCUT2D eigenvalue weighted by Gasteiger charge is 2.36. The summed E-state index contributed by atoms with van der Waals surface area (Å²) >= 11 is 0. The average Bonchev–Trinajstić information content (AvgIpc) is 2.81. The Bertz CT molecular complexity index is 927. The number of aromatic amines is 1. The summed E-state index contributed by atoms with van der Waals surface area (Å²) in [5.74, 6) is -0.343. The lowest BCUT2D eigenvalue weighted by molar-refractivity contribution is 0.407. The first-order chi connectivity index (χ1) is 10.8. The summed E-state index contributed by atoms with van der Waals surface area (Å²) in [7, 11) is 1.24. The van der Waals surface area contributed by atoms with Gasteiger partial charge in [-0.15, -0.1) is 4.91 Å². The van der Waals surface area contributed by atoms with Gasteiger partial charge in [0.25, 0.3) is 0 Å². The van der Waals surface area contributed by atoms with Crippen molar-refractivity contribution >= 4 is 27.4 Å². The van der Waals surface area contributed by atoms with Crippen LogP contribution in [-0.2, 0) is 10.0 Å².